The topological polar surface area (TPSA) is 125 Å². The van der Waals surface area contributed by atoms with Gasteiger partial charge in [-0.25, -0.2) is 9.59 Å². The number of phenols is 1. The van der Waals surface area contributed by atoms with E-state index in [0.717, 1.165) is 28.3 Å². The number of nitrogens with one attached hydrogen (secondary N) is 1. The molecule has 1 aliphatic rings. The molecular weight excluding hydrogens is 438 g/mol. The normalized spacial score (nSPS) is 14.0. The quantitative estimate of drug-likeness (QED) is 0.397. The number of phenolic OH excluding ortho intramolecular Hbond substituents is 1. The monoisotopic (exact) mass is 463 g/mol. The van der Waals surface area contributed by atoms with E-state index in [1.54, 1.807) is 0 Å². The number of fused-ring (bicyclic) bond motifs is 3. The van der Waals surface area contributed by atoms with Crippen molar-refractivity contribution in [2.24, 2.45) is 0 Å². The molecular formula is C26H25NO7. The van der Waals surface area contributed by atoms with Gasteiger partial charge in [0.15, 0.2) is 0 Å². The second-order valence-electron chi connectivity index (χ2n) is 7.99. The second kappa shape index (κ2) is 9.94. The molecule has 1 aliphatic carbocycles. The van der Waals surface area contributed by atoms with Crippen molar-refractivity contribution in [2.75, 3.05) is 20.3 Å². The average molecular weight is 463 g/mol. The third-order valence-corrected chi connectivity index (χ3v) is 5.93. The van der Waals surface area contributed by atoms with Crippen LogP contribution in [0.25, 0.3) is 11.1 Å². The Labute approximate surface area is 196 Å². The van der Waals surface area contributed by atoms with Gasteiger partial charge in [0.25, 0.3) is 0 Å². The first kappa shape index (κ1) is 23.3. The lowest BCUT2D eigenvalue weighted by Gasteiger charge is -2.20. The third-order valence-electron chi connectivity index (χ3n) is 5.93. The van der Waals surface area contributed by atoms with Crippen LogP contribution in [0.2, 0.25) is 0 Å². The molecule has 3 aromatic rings. The number of aromatic hydroxyl groups is 1. The van der Waals surface area contributed by atoms with Crippen LogP contribution in [0.4, 0.5) is 4.79 Å². The zero-order chi connectivity index (χ0) is 24.2. The summed E-state index contributed by atoms with van der Waals surface area (Å²) in [6.45, 7) is -0.154. The fourth-order valence-corrected chi connectivity index (χ4v) is 4.19. The van der Waals surface area contributed by atoms with Gasteiger partial charge in [-0.1, -0.05) is 54.6 Å². The molecule has 34 heavy (non-hydrogen) atoms. The lowest BCUT2D eigenvalue weighted by Crippen LogP contribution is -2.36. The number of aliphatic hydroxyl groups excluding tert-OH is 2. The molecule has 1 amide bonds. The summed E-state index contributed by atoms with van der Waals surface area (Å²) in [6, 6.07) is 19.8. The zero-order valence-electron chi connectivity index (χ0n) is 18.5. The molecule has 0 radical (unpaired) electrons. The van der Waals surface area contributed by atoms with Crippen LogP contribution in [0.1, 0.15) is 39.1 Å². The second-order valence-corrected chi connectivity index (χ2v) is 7.99. The Morgan fingerprint density at radius 1 is 0.971 bits per heavy atom. The van der Waals surface area contributed by atoms with Crippen LogP contribution in [-0.4, -0.2) is 53.7 Å². The molecule has 0 spiro atoms. The highest BCUT2D eigenvalue weighted by Crippen LogP contribution is 2.44. The van der Waals surface area contributed by atoms with Gasteiger partial charge in [0.1, 0.15) is 30.1 Å². The first-order valence-corrected chi connectivity index (χ1v) is 10.8. The highest BCUT2D eigenvalue weighted by atomic mass is 16.5. The SMILES string of the molecule is COC(=O)c1ccc(C(O)C(O)CNC(=O)OCC2c3ccccc3-c3ccccc32)cc1O. The number of amides is 1. The molecule has 3 aromatic carbocycles. The van der Waals surface area contributed by atoms with E-state index in [-0.39, 0.29) is 35.9 Å². The van der Waals surface area contributed by atoms with E-state index in [1.165, 1.54) is 19.2 Å². The molecule has 0 fully saturated rings. The van der Waals surface area contributed by atoms with Crippen LogP contribution in [0.5, 0.6) is 5.75 Å². The molecule has 2 atom stereocenters. The largest absolute Gasteiger partial charge is 0.507 e. The van der Waals surface area contributed by atoms with Crippen molar-refractivity contribution in [2.45, 2.75) is 18.1 Å². The fraction of sp³-hybridized carbons (Fsp3) is 0.231. The molecule has 0 heterocycles. The number of aliphatic hydroxyl groups is 2. The smallest absolute Gasteiger partial charge is 0.407 e. The summed E-state index contributed by atoms with van der Waals surface area (Å²) in [5.41, 5.74) is 4.51. The molecule has 0 aliphatic heterocycles. The Hall–Kier alpha value is -3.88. The summed E-state index contributed by atoms with van der Waals surface area (Å²) in [6.07, 6.45) is -3.51. The maximum atomic E-state index is 12.3. The van der Waals surface area contributed by atoms with E-state index in [2.05, 4.69) is 10.1 Å². The maximum Gasteiger partial charge on any atom is 0.407 e. The highest BCUT2D eigenvalue weighted by Gasteiger charge is 2.29. The molecule has 4 rings (SSSR count). The molecule has 4 N–H and O–H groups in total. The number of benzene rings is 3. The van der Waals surface area contributed by atoms with E-state index in [9.17, 15) is 24.9 Å². The zero-order valence-corrected chi connectivity index (χ0v) is 18.5. The predicted molar refractivity (Wildman–Crippen MR) is 123 cm³/mol. The molecule has 0 aromatic heterocycles. The number of alkyl carbamates (subject to hydrolysis) is 1. The van der Waals surface area contributed by atoms with Gasteiger partial charge >= 0.3 is 12.1 Å². The maximum absolute atomic E-state index is 12.3. The summed E-state index contributed by atoms with van der Waals surface area (Å²) in [4.78, 5) is 23.8. The van der Waals surface area contributed by atoms with Crippen LogP contribution in [0.3, 0.4) is 0 Å². The van der Waals surface area contributed by atoms with E-state index in [0.29, 0.717) is 0 Å². The number of hydrogen-bond acceptors (Lipinski definition) is 7. The minimum Gasteiger partial charge on any atom is -0.507 e. The molecule has 0 bridgehead atoms. The van der Waals surface area contributed by atoms with Gasteiger partial charge < -0.3 is 30.1 Å². The summed E-state index contributed by atoms with van der Waals surface area (Å²) in [7, 11) is 1.18. The van der Waals surface area contributed by atoms with Crippen molar-refractivity contribution in [3.05, 3.63) is 89.0 Å². The van der Waals surface area contributed by atoms with E-state index < -0.39 is 24.3 Å². The van der Waals surface area contributed by atoms with Crippen molar-refractivity contribution in [3.8, 4) is 16.9 Å². The Bertz CT molecular complexity index is 1160. The molecule has 176 valence electrons. The van der Waals surface area contributed by atoms with Crippen molar-refractivity contribution >= 4 is 12.1 Å². The molecule has 8 nitrogen and oxygen atoms in total. The van der Waals surface area contributed by atoms with Crippen LogP contribution in [0, 0.1) is 0 Å². The number of hydrogen-bond donors (Lipinski definition) is 4. The number of methoxy groups -OCH3 is 1. The number of carbonyl (C=O) groups excluding carboxylic acids is 2. The van der Waals surface area contributed by atoms with Crippen molar-refractivity contribution in [1.82, 2.24) is 5.32 Å². The minimum atomic E-state index is -1.41. The predicted octanol–water partition coefficient (Wildman–Crippen LogP) is 3.11. The number of ether oxygens (including phenoxy) is 2. The average Bonchev–Trinajstić information content (AvgIpc) is 3.18. The molecule has 8 heteroatoms. The summed E-state index contributed by atoms with van der Waals surface area (Å²) in [5.74, 6) is -1.21. The van der Waals surface area contributed by atoms with Crippen LogP contribution in [0.15, 0.2) is 66.7 Å². The van der Waals surface area contributed by atoms with Crippen LogP contribution >= 0.6 is 0 Å². The standard InChI is InChI=1S/C26H25NO7/c1-33-25(31)20-11-10-15(12-22(20)28)24(30)23(29)13-27-26(32)34-14-21-18-8-4-2-6-16(18)17-7-3-5-9-19(17)21/h2-12,21,23-24,28-30H,13-14H2,1H3,(H,27,32). The van der Waals surface area contributed by atoms with Crippen LogP contribution in [-0.2, 0) is 9.47 Å². The Kier molecular flexibility index (Phi) is 6.81. The van der Waals surface area contributed by atoms with Gasteiger partial charge in [0.05, 0.1) is 7.11 Å². The van der Waals surface area contributed by atoms with Gasteiger partial charge in [-0.3, -0.25) is 0 Å². The molecule has 0 saturated heterocycles. The summed E-state index contributed by atoms with van der Waals surface area (Å²) < 4.78 is 9.97. The van der Waals surface area contributed by atoms with Crippen LogP contribution < -0.4 is 5.32 Å². The summed E-state index contributed by atoms with van der Waals surface area (Å²) >= 11 is 0. The lowest BCUT2D eigenvalue weighted by molar-refractivity contribution is 0.0184. The minimum absolute atomic E-state index is 0.0651. The van der Waals surface area contributed by atoms with E-state index in [1.807, 2.05) is 48.5 Å². The third kappa shape index (κ3) is 4.59. The van der Waals surface area contributed by atoms with Gasteiger partial charge in [-0.05, 0) is 39.9 Å². The van der Waals surface area contributed by atoms with E-state index >= 15 is 0 Å². The van der Waals surface area contributed by atoms with Crippen molar-refractivity contribution in [3.63, 3.8) is 0 Å². The molecule has 2 unspecified atom stereocenters. The highest BCUT2D eigenvalue weighted by molar-refractivity contribution is 5.92. The first-order chi connectivity index (χ1) is 16.4. The van der Waals surface area contributed by atoms with Gasteiger partial charge in [0.2, 0.25) is 0 Å². The molecule has 0 saturated carbocycles. The van der Waals surface area contributed by atoms with Crippen molar-refractivity contribution in [1.29, 1.82) is 0 Å². The fourth-order valence-electron chi connectivity index (χ4n) is 4.19. The first-order valence-electron chi connectivity index (χ1n) is 10.8. The van der Waals surface area contributed by atoms with Gasteiger partial charge in [0, 0.05) is 12.5 Å². The van der Waals surface area contributed by atoms with E-state index in [4.69, 9.17) is 4.74 Å². The Balaban J connectivity index is 1.33. The number of carbonyl (C=O) groups is 2. The van der Waals surface area contributed by atoms with Crippen molar-refractivity contribution < 1.29 is 34.4 Å². The Morgan fingerprint density at radius 2 is 1.59 bits per heavy atom. The van der Waals surface area contributed by atoms with Gasteiger partial charge in [-0.2, -0.15) is 0 Å². The van der Waals surface area contributed by atoms with Gasteiger partial charge in [-0.15, -0.1) is 0 Å². The number of esters is 1. The number of rotatable bonds is 7. The lowest BCUT2D eigenvalue weighted by atomic mass is 9.98. The Morgan fingerprint density at radius 3 is 2.18 bits per heavy atom. The summed E-state index contributed by atoms with van der Waals surface area (Å²) in [5, 5.41) is 33.1.